The number of hydrogen-bond donors (Lipinski definition) is 2. The van der Waals surface area contributed by atoms with Gasteiger partial charge in [0.2, 0.25) is 0 Å². The number of rotatable bonds is 6. The number of aryl methyl sites for hydroxylation is 2. The highest BCUT2D eigenvalue weighted by molar-refractivity contribution is 6.03. The van der Waals surface area contributed by atoms with Gasteiger partial charge < -0.3 is 15.6 Å². The molecule has 7 heteroatoms. The molecule has 3 rings (SSSR count). The van der Waals surface area contributed by atoms with Crippen molar-refractivity contribution in [1.29, 1.82) is 0 Å². The molecule has 0 aliphatic carbocycles. The summed E-state index contributed by atoms with van der Waals surface area (Å²) < 4.78 is 6.70. The third-order valence-corrected chi connectivity index (χ3v) is 4.25. The fourth-order valence-corrected chi connectivity index (χ4v) is 2.94. The Bertz CT molecular complexity index is 1060. The SMILES string of the molecule is Cc1ccc(OCC(O)Cn2nc(C(N)=O)c3ccccc3c2=O)c(C)c1. The van der Waals surface area contributed by atoms with E-state index in [1.165, 1.54) is 0 Å². The maximum absolute atomic E-state index is 12.6. The number of amides is 1. The van der Waals surface area contributed by atoms with Gasteiger partial charge in [-0.3, -0.25) is 9.59 Å². The third kappa shape index (κ3) is 3.98. The normalized spacial score (nSPS) is 12.1. The van der Waals surface area contributed by atoms with Crippen molar-refractivity contribution in [2.75, 3.05) is 6.61 Å². The molecule has 1 heterocycles. The number of nitrogens with zero attached hydrogens (tertiary/aromatic N) is 2. The second-order valence-corrected chi connectivity index (χ2v) is 6.48. The van der Waals surface area contributed by atoms with Gasteiger partial charge in [0.15, 0.2) is 5.69 Å². The van der Waals surface area contributed by atoms with Gasteiger partial charge in [0.05, 0.1) is 11.9 Å². The number of hydrogen-bond acceptors (Lipinski definition) is 5. The average molecular weight is 367 g/mol. The number of fused-ring (bicyclic) bond motifs is 1. The van der Waals surface area contributed by atoms with Gasteiger partial charge in [-0.1, -0.05) is 35.9 Å². The molecule has 1 unspecified atom stereocenters. The van der Waals surface area contributed by atoms with Gasteiger partial charge in [0, 0.05) is 5.39 Å². The van der Waals surface area contributed by atoms with Crippen LogP contribution in [-0.2, 0) is 6.54 Å². The molecular formula is C20H21N3O4. The zero-order chi connectivity index (χ0) is 19.6. The van der Waals surface area contributed by atoms with Crippen molar-refractivity contribution in [1.82, 2.24) is 9.78 Å². The van der Waals surface area contributed by atoms with Gasteiger partial charge in [0.1, 0.15) is 18.5 Å². The highest BCUT2D eigenvalue weighted by atomic mass is 16.5. The number of primary amides is 1. The molecule has 140 valence electrons. The van der Waals surface area contributed by atoms with Crippen LogP contribution in [0, 0.1) is 13.8 Å². The molecule has 0 spiro atoms. The lowest BCUT2D eigenvalue weighted by Gasteiger charge is -2.16. The molecule has 0 bridgehead atoms. The number of carbonyl (C=O) groups is 1. The minimum absolute atomic E-state index is 0.00676. The monoisotopic (exact) mass is 367 g/mol. The first-order valence-electron chi connectivity index (χ1n) is 8.54. The zero-order valence-electron chi connectivity index (χ0n) is 15.2. The van der Waals surface area contributed by atoms with Gasteiger partial charge in [-0.15, -0.1) is 0 Å². The Morgan fingerprint density at radius 3 is 2.59 bits per heavy atom. The number of ether oxygens (including phenoxy) is 1. The fraction of sp³-hybridized carbons (Fsp3) is 0.250. The third-order valence-electron chi connectivity index (χ3n) is 4.25. The number of carbonyl (C=O) groups excluding carboxylic acids is 1. The second kappa shape index (κ2) is 7.59. The van der Waals surface area contributed by atoms with Crippen LogP contribution in [0.4, 0.5) is 0 Å². The van der Waals surface area contributed by atoms with Gasteiger partial charge in [0.25, 0.3) is 11.5 Å². The van der Waals surface area contributed by atoms with E-state index in [0.29, 0.717) is 16.5 Å². The predicted molar refractivity (Wildman–Crippen MR) is 102 cm³/mol. The highest BCUT2D eigenvalue weighted by Gasteiger charge is 2.16. The van der Waals surface area contributed by atoms with E-state index in [4.69, 9.17) is 10.5 Å². The van der Waals surface area contributed by atoms with E-state index in [1.54, 1.807) is 24.3 Å². The fourth-order valence-electron chi connectivity index (χ4n) is 2.94. The van der Waals surface area contributed by atoms with Crippen LogP contribution in [0.5, 0.6) is 5.75 Å². The summed E-state index contributed by atoms with van der Waals surface area (Å²) in [7, 11) is 0. The van der Waals surface area contributed by atoms with Crippen LogP contribution in [0.3, 0.4) is 0 Å². The molecule has 0 radical (unpaired) electrons. The summed E-state index contributed by atoms with van der Waals surface area (Å²) in [5, 5.41) is 15.1. The predicted octanol–water partition coefficient (Wildman–Crippen LogP) is 1.55. The topological polar surface area (TPSA) is 107 Å². The van der Waals surface area contributed by atoms with E-state index in [1.807, 2.05) is 32.0 Å². The molecule has 1 amide bonds. The summed E-state index contributed by atoms with van der Waals surface area (Å²) in [6.45, 7) is 3.77. The van der Waals surface area contributed by atoms with E-state index in [2.05, 4.69) is 5.10 Å². The summed E-state index contributed by atoms with van der Waals surface area (Å²) in [6.07, 6.45) is -0.988. The molecule has 3 N–H and O–H groups in total. The van der Waals surface area contributed by atoms with Crippen LogP contribution in [0.2, 0.25) is 0 Å². The summed E-state index contributed by atoms with van der Waals surface area (Å²) in [4.78, 5) is 24.3. The van der Waals surface area contributed by atoms with Gasteiger partial charge >= 0.3 is 0 Å². The van der Waals surface area contributed by atoms with Crippen LogP contribution in [0.25, 0.3) is 10.8 Å². The first-order valence-corrected chi connectivity index (χ1v) is 8.54. The highest BCUT2D eigenvalue weighted by Crippen LogP contribution is 2.19. The van der Waals surface area contributed by atoms with Crippen LogP contribution >= 0.6 is 0 Å². The molecular weight excluding hydrogens is 346 g/mol. The number of benzene rings is 2. The summed E-state index contributed by atoms with van der Waals surface area (Å²) >= 11 is 0. The Balaban J connectivity index is 1.82. The lowest BCUT2D eigenvalue weighted by atomic mass is 10.1. The molecule has 1 aromatic heterocycles. The largest absolute Gasteiger partial charge is 0.491 e. The van der Waals surface area contributed by atoms with E-state index >= 15 is 0 Å². The molecule has 0 aliphatic heterocycles. The van der Waals surface area contributed by atoms with Crippen LogP contribution in [0.15, 0.2) is 47.3 Å². The summed E-state index contributed by atoms with van der Waals surface area (Å²) in [6, 6.07) is 12.3. The smallest absolute Gasteiger partial charge is 0.274 e. The van der Waals surface area contributed by atoms with E-state index in [-0.39, 0.29) is 18.8 Å². The van der Waals surface area contributed by atoms with Crippen molar-refractivity contribution in [3.8, 4) is 5.75 Å². The maximum atomic E-state index is 12.6. The van der Waals surface area contributed by atoms with E-state index < -0.39 is 17.6 Å². The van der Waals surface area contributed by atoms with Crippen molar-refractivity contribution in [3.05, 3.63) is 69.6 Å². The minimum atomic E-state index is -0.988. The molecule has 0 aliphatic rings. The Kier molecular flexibility index (Phi) is 5.23. The lowest BCUT2D eigenvalue weighted by molar-refractivity contribution is 0.0868. The van der Waals surface area contributed by atoms with Crippen molar-refractivity contribution in [2.24, 2.45) is 5.73 Å². The lowest BCUT2D eigenvalue weighted by Crippen LogP contribution is -2.34. The first kappa shape index (κ1) is 18.6. The molecule has 27 heavy (non-hydrogen) atoms. The van der Waals surface area contributed by atoms with Crippen LogP contribution < -0.4 is 16.0 Å². The second-order valence-electron chi connectivity index (χ2n) is 6.48. The van der Waals surface area contributed by atoms with Crippen molar-refractivity contribution < 1.29 is 14.6 Å². The van der Waals surface area contributed by atoms with Crippen molar-refractivity contribution in [2.45, 2.75) is 26.5 Å². The van der Waals surface area contributed by atoms with Crippen molar-refractivity contribution in [3.63, 3.8) is 0 Å². The standard InChI is InChI=1S/C20H21N3O4/c1-12-7-8-17(13(2)9-12)27-11-14(24)10-23-20(26)16-6-4-3-5-15(16)18(22-23)19(21)25/h3-9,14,24H,10-11H2,1-2H3,(H2,21,25). The van der Waals surface area contributed by atoms with Gasteiger partial charge in [-0.25, -0.2) is 4.68 Å². The first-order chi connectivity index (χ1) is 12.9. The Hall–Kier alpha value is -3.19. The van der Waals surface area contributed by atoms with Gasteiger partial charge in [-0.2, -0.15) is 5.10 Å². The van der Waals surface area contributed by atoms with E-state index in [0.717, 1.165) is 15.8 Å². The molecule has 7 nitrogen and oxygen atoms in total. The Morgan fingerprint density at radius 2 is 1.93 bits per heavy atom. The maximum Gasteiger partial charge on any atom is 0.274 e. The molecule has 2 aromatic carbocycles. The van der Waals surface area contributed by atoms with Crippen LogP contribution in [-0.4, -0.2) is 33.5 Å². The number of aliphatic hydroxyl groups is 1. The minimum Gasteiger partial charge on any atom is -0.491 e. The quantitative estimate of drug-likeness (QED) is 0.687. The molecule has 0 fully saturated rings. The summed E-state index contributed by atoms with van der Waals surface area (Å²) in [5.41, 5.74) is 7.06. The molecule has 0 saturated heterocycles. The Morgan fingerprint density at radius 1 is 1.22 bits per heavy atom. The zero-order valence-corrected chi connectivity index (χ0v) is 15.2. The van der Waals surface area contributed by atoms with Crippen molar-refractivity contribution >= 4 is 16.7 Å². The molecule has 3 aromatic rings. The number of nitrogens with two attached hydrogens (primary N) is 1. The van der Waals surface area contributed by atoms with E-state index in [9.17, 15) is 14.7 Å². The Labute approximate surface area is 156 Å². The van der Waals surface area contributed by atoms with Gasteiger partial charge in [-0.05, 0) is 31.5 Å². The molecule has 1 atom stereocenters. The number of aromatic nitrogens is 2. The summed E-state index contributed by atoms with van der Waals surface area (Å²) in [5.74, 6) is -0.0720. The van der Waals surface area contributed by atoms with Crippen LogP contribution in [0.1, 0.15) is 21.6 Å². The average Bonchev–Trinajstić information content (AvgIpc) is 2.63. The molecule has 0 saturated carbocycles. The number of aliphatic hydroxyl groups excluding tert-OH is 1.